The molecule has 0 aromatic rings. The summed E-state index contributed by atoms with van der Waals surface area (Å²) >= 11 is 0. The summed E-state index contributed by atoms with van der Waals surface area (Å²) in [6.45, 7) is 1.07. The zero-order valence-electron chi connectivity index (χ0n) is 11.2. The fourth-order valence-corrected chi connectivity index (χ4v) is 3.34. The highest BCUT2D eigenvalue weighted by atomic mass is 16.3. The molecule has 0 spiro atoms. The van der Waals surface area contributed by atoms with Crippen LogP contribution in [0.1, 0.15) is 51.4 Å². The summed E-state index contributed by atoms with van der Waals surface area (Å²) in [4.78, 5) is 14.6. The van der Waals surface area contributed by atoms with Gasteiger partial charge in [-0.2, -0.15) is 0 Å². The zero-order chi connectivity index (χ0) is 13.0. The van der Waals surface area contributed by atoms with Gasteiger partial charge in [0, 0.05) is 31.2 Å². The largest absolute Gasteiger partial charge is 0.396 e. The Morgan fingerprint density at radius 2 is 1.89 bits per heavy atom. The van der Waals surface area contributed by atoms with Gasteiger partial charge in [0.25, 0.3) is 0 Å². The number of aliphatic hydroxyl groups excluding tert-OH is 1. The summed E-state index contributed by atoms with van der Waals surface area (Å²) in [5, 5.41) is 9.11. The number of carbonyl (C=O) groups excluding carboxylic acids is 1. The molecule has 4 heteroatoms. The quantitative estimate of drug-likeness (QED) is 0.797. The summed E-state index contributed by atoms with van der Waals surface area (Å²) in [6, 6.07) is 0.565. The molecule has 3 N–H and O–H groups in total. The SMILES string of the molecule is NC1CCC(C(=O)N2CCCCC2CCO)CC1. The number of rotatable bonds is 3. The van der Waals surface area contributed by atoms with Crippen LogP contribution in [0, 0.1) is 5.92 Å². The van der Waals surface area contributed by atoms with E-state index >= 15 is 0 Å². The summed E-state index contributed by atoms with van der Waals surface area (Å²) in [5.41, 5.74) is 5.89. The smallest absolute Gasteiger partial charge is 0.225 e. The maximum Gasteiger partial charge on any atom is 0.225 e. The lowest BCUT2D eigenvalue weighted by Gasteiger charge is -2.39. The highest BCUT2D eigenvalue weighted by molar-refractivity contribution is 5.79. The number of hydrogen-bond donors (Lipinski definition) is 2. The van der Waals surface area contributed by atoms with E-state index in [1.54, 1.807) is 0 Å². The molecule has 1 unspecified atom stereocenters. The Hall–Kier alpha value is -0.610. The molecule has 1 amide bonds. The summed E-state index contributed by atoms with van der Waals surface area (Å²) in [5.74, 6) is 0.504. The Morgan fingerprint density at radius 3 is 2.56 bits per heavy atom. The van der Waals surface area contributed by atoms with E-state index in [0.717, 1.165) is 51.5 Å². The van der Waals surface area contributed by atoms with Crippen molar-refractivity contribution in [2.24, 2.45) is 11.7 Å². The Labute approximate surface area is 110 Å². The molecule has 18 heavy (non-hydrogen) atoms. The molecule has 1 atom stereocenters. The van der Waals surface area contributed by atoms with E-state index in [2.05, 4.69) is 0 Å². The van der Waals surface area contributed by atoms with Crippen LogP contribution in [0.4, 0.5) is 0 Å². The number of likely N-dealkylation sites (tertiary alicyclic amines) is 1. The minimum atomic E-state index is 0.184. The first-order chi connectivity index (χ1) is 8.72. The van der Waals surface area contributed by atoms with Crippen LogP contribution in [-0.2, 0) is 4.79 Å². The van der Waals surface area contributed by atoms with Gasteiger partial charge in [0.1, 0.15) is 0 Å². The second-order valence-corrected chi connectivity index (χ2v) is 5.81. The molecule has 4 nitrogen and oxygen atoms in total. The molecule has 104 valence electrons. The second-order valence-electron chi connectivity index (χ2n) is 5.81. The molecule has 0 radical (unpaired) electrons. The van der Waals surface area contributed by atoms with Crippen LogP contribution in [0.15, 0.2) is 0 Å². The maximum absolute atomic E-state index is 12.5. The predicted molar refractivity (Wildman–Crippen MR) is 71.0 cm³/mol. The number of nitrogens with zero attached hydrogens (tertiary/aromatic N) is 1. The van der Waals surface area contributed by atoms with Crippen LogP contribution in [0.25, 0.3) is 0 Å². The van der Waals surface area contributed by atoms with Crippen molar-refractivity contribution >= 4 is 5.91 Å². The fourth-order valence-electron chi connectivity index (χ4n) is 3.34. The van der Waals surface area contributed by atoms with Crippen molar-refractivity contribution in [1.82, 2.24) is 4.90 Å². The average molecular weight is 254 g/mol. The van der Waals surface area contributed by atoms with Gasteiger partial charge in [-0.3, -0.25) is 4.79 Å². The molecule has 1 saturated carbocycles. The molecule has 1 aliphatic heterocycles. The van der Waals surface area contributed by atoms with Crippen LogP contribution >= 0.6 is 0 Å². The van der Waals surface area contributed by atoms with E-state index in [9.17, 15) is 4.79 Å². The van der Waals surface area contributed by atoms with Gasteiger partial charge in [0.2, 0.25) is 5.91 Å². The molecule has 2 aliphatic rings. The summed E-state index contributed by atoms with van der Waals surface area (Å²) in [7, 11) is 0. The molecule has 0 bridgehead atoms. The van der Waals surface area contributed by atoms with Gasteiger partial charge in [-0.1, -0.05) is 0 Å². The van der Waals surface area contributed by atoms with Gasteiger partial charge in [0.15, 0.2) is 0 Å². The lowest BCUT2D eigenvalue weighted by molar-refractivity contribution is -0.140. The van der Waals surface area contributed by atoms with Gasteiger partial charge >= 0.3 is 0 Å². The number of hydrogen-bond acceptors (Lipinski definition) is 3. The molecule has 0 aromatic heterocycles. The Balaban J connectivity index is 1.93. The van der Waals surface area contributed by atoms with Crippen LogP contribution in [0.5, 0.6) is 0 Å². The predicted octanol–water partition coefficient (Wildman–Crippen LogP) is 1.27. The molecule has 1 heterocycles. The monoisotopic (exact) mass is 254 g/mol. The third kappa shape index (κ3) is 3.23. The van der Waals surface area contributed by atoms with E-state index in [1.165, 1.54) is 6.42 Å². The Kier molecular flexibility index (Phi) is 5.01. The van der Waals surface area contributed by atoms with Crippen molar-refractivity contribution in [2.75, 3.05) is 13.2 Å². The summed E-state index contributed by atoms with van der Waals surface area (Å²) in [6.07, 6.45) is 7.94. The van der Waals surface area contributed by atoms with Crippen molar-refractivity contribution in [2.45, 2.75) is 63.5 Å². The van der Waals surface area contributed by atoms with E-state index in [-0.39, 0.29) is 18.6 Å². The van der Waals surface area contributed by atoms with Crippen LogP contribution < -0.4 is 5.73 Å². The third-order valence-corrected chi connectivity index (χ3v) is 4.49. The number of amides is 1. The van der Waals surface area contributed by atoms with Crippen molar-refractivity contribution in [3.05, 3.63) is 0 Å². The molecule has 0 aromatic carbocycles. The second kappa shape index (κ2) is 6.53. The minimum Gasteiger partial charge on any atom is -0.396 e. The van der Waals surface area contributed by atoms with E-state index in [0.29, 0.717) is 11.9 Å². The highest BCUT2D eigenvalue weighted by Gasteiger charge is 2.32. The fraction of sp³-hybridized carbons (Fsp3) is 0.929. The van der Waals surface area contributed by atoms with E-state index in [4.69, 9.17) is 10.8 Å². The van der Waals surface area contributed by atoms with Gasteiger partial charge < -0.3 is 15.7 Å². The molecule has 1 saturated heterocycles. The van der Waals surface area contributed by atoms with Gasteiger partial charge in [-0.05, 0) is 51.4 Å². The van der Waals surface area contributed by atoms with Gasteiger partial charge in [0.05, 0.1) is 0 Å². The first kappa shape index (κ1) is 13.8. The normalized spacial score (nSPS) is 33.4. The third-order valence-electron chi connectivity index (χ3n) is 4.49. The zero-order valence-corrected chi connectivity index (χ0v) is 11.2. The number of nitrogens with two attached hydrogens (primary N) is 1. The molecule has 1 aliphatic carbocycles. The first-order valence-electron chi connectivity index (χ1n) is 7.39. The van der Waals surface area contributed by atoms with Crippen LogP contribution in [-0.4, -0.2) is 41.1 Å². The van der Waals surface area contributed by atoms with Crippen LogP contribution in [0.3, 0.4) is 0 Å². The molecule has 2 fully saturated rings. The Bertz CT molecular complexity index is 273. The van der Waals surface area contributed by atoms with Gasteiger partial charge in [-0.25, -0.2) is 0 Å². The van der Waals surface area contributed by atoms with Gasteiger partial charge in [-0.15, -0.1) is 0 Å². The Morgan fingerprint density at radius 1 is 1.17 bits per heavy atom. The number of aliphatic hydroxyl groups is 1. The van der Waals surface area contributed by atoms with E-state index in [1.807, 2.05) is 4.90 Å². The number of piperidine rings is 1. The van der Waals surface area contributed by atoms with Crippen LogP contribution in [0.2, 0.25) is 0 Å². The lowest BCUT2D eigenvalue weighted by atomic mass is 9.84. The number of carbonyl (C=O) groups is 1. The van der Waals surface area contributed by atoms with Crippen molar-refractivity contribution in [3.63, 3.8) is 0 Å². The standard InChI is InChI=1S/C14H26N2O2/c15-12-6-4-11(5-7-12)14(18)16-9-2-1-3-13(16)8-10-17/h11-13,17H,1-10,15H2. The maximum atomic E-state index is 12.5. The van der Waals surface area contributed by atoms with E-state index < -0.39 is 0 Å². The topological polar surface area (TPSA) is 66.6 Å². The summed E-state index contributed by atoms with van der Waals surface area (Å²) < 4.78 is 0. The first-order valence-corrected chi connectivity index (χ1v) is 7.39. The lowest BCUT2D eigenvalue weighted by Crippen LogP contribution is -2.47. The highest BCUT2D eigenvalue weighted by Crippen LogP contribution is 2.28. The van der Waals surface area contributed by atoms with Crippen molar-refractivity contribution in [3.8, 4) is 0 Å². The minimum absolute atomic E-state index is 0.184. The molecular formula is C14H26N2O2. The van der Waals surface area contributed by atoms with Crippen molar-refractivity contribution in [1.29, 1.82) is 0 Å². The van der Waals surface area contributed by atoms with Crippen molar-refractivity contribution < 1.29 is 9.90 Å². The average Bonchev–Trinajstić information content (AvgIpc) is 2.40. The molecular weight excluding hydrogens is 228 g/mol. The molecule has 2 rings (SSSR count).